The minimum Gasteiger partial charge on any atom is -0.295 e. The summed E-state index contributed by atoms with van der Waals surface area (Å²) in [7, 11) is 2.05. The van der Waals surface area contributed by atoms with Gasteiger partial charge in [0.05, 0.1) is 7.05 Å². The average Bonchev–Trinajstić information content (AvgIpc) is 2.79. The molecule has 0 aliphatic heterocycles. The molecule has 0 spiro atoms. The van der Waals surface area contributed by atoms with Gasteiger partial charge in [0.25, 0.3) is 0 Å². The van der Waals surface area contributed by atoms with Crippen LogP contribution in [0.3, 0.4) is 0 Å². The predicted octanol–water partition coefficient (Wildman–Crippen LogP) is 3.48. The second-order valence-electron chi connectivity index (χ2n) is 4.74. The van der Waals surface area contributed by atoms with Crippen molar-refractivity contribution in [2.75, 3.05) is 6.54 Å². The highest BCUT2D eigenvalue weighted by Crippen LogP contribution is 2.04. The molecule has 1 aromatic heterocycles. The van der Waals surface area contributed by atoms with E-state index in [1.54, 1.807) is 0 Å². The molecular formula is C16H36N3+. The van der Waals surface area contributed by atoms with Crippen LogP contribution >= 0.6 is 0 Å². The molecule has 1 aromatic rings. The molecule has 3 nitrogen and oxygen atoms in total. The van der Waals surface area contributed by atoms with Gasteiger partial charge in [-0.05, 0) is 27.7 Å². The summed E-state index contributed by atoms with van der Waals surface area (Å²) < 4.78 is 4.31. The van der Waals surface area contributed by atoms with Gasteiger partial charge in [-0.25, -0.2) is 9.13 Å². The van der Waals surface area contributed by atoms with Gasteiger partial charge in [-0.1, -0.05) is 27.7 Å². The van der Waals surface area contributed by atoms with Gasteiger partial charge < -0.3 is 0 Å². The summed E-state index contributed by atoms with van der Waals surface area (Å²) in [5, 5.41) is 0. The lowest BCUT2D eigenvalue weighted by Gasteiger charge is -2.29. The molecular weight excluding hydrogens is 234 g/mol. The van der Waals surface area contributed by atoms with Crippen LogP contribution in [0.5, 0.6) is 0 Å². The molecule has 0 fully saturated rings. The number of aromatic nitrogens is 2. The van der Waals surface area contributed by atoms with Crippen molar-refractivity contribution < 1.29 is 4.57 Å². The fourth-order valence-corrected chi connectivity index (χ4v) is 1.98. The summed E-state index contributed by atoms with van der Waals surface area (Å²) in [4.78, 5) is 2.51. The van der Waals surface area contributed by atoms with E-state index in [1.807, 2.05) is 27.7 Å². The number of imidazole rings is 1. The van der Waals surface area contributed by atoms with Crippen LogP contribution in [0.2, 0.25) is 0 Å². The predicted molar refractivity (Wildman–Crippen MR) is 85.3 cm³/mol. The highest BCUT2D eigenvalue weighted by molar-refractivity contribution is 4.71. The Hall–Kier alpha value is -0.830. The number of rotatable bonds is 5. The van der Waals surface area contributed by atoms with Gasteiger partial charge in [-0.15, -0.1) is 0 Å². The molecule has 0 N–H and O–H groups in total. The molecule has 0 saturated carbocycles. The van der Waals surface area contributed by atoms with Crippen molar-refractivity contribution in [3.05, 3.63) is 18.7 Å². The maximum Gasteiger partial charge on any atom is 0.243 e. The van der Waals surface area contributed by atoms with E-state index in [4.69, 9.17) is 0 Å². The van der Waals surface area contributed by atoms with Crippen LogP contribution in [-0.4, -0.2) is 28.1 Å². The zero-order chi connectivity index (χ0) is 15.4. The standard InChI is InChI=1S/C12H24N3.2C2H6/c1-11(2)15(12(3)4)9-8-14-7-6-13(5)10-14;2*1-2/h6-7,10-12H,8-9H2,1-5H3;2*1-2H3/q+1;;. The third kappa shape index (κ3) is 8.82. The highest BCUT2D eigenvalue weighted by atomic mass is 15.2. The fraction of sp³-hybridized carbons (Fsp3) is 0.812. The van der Waals surface area contributed by atoms with Crippen LogP contribution in [0.25, 0.3) is 0 Å². The molecule has 19 heavy (non-hydrogen) atoms. The second kappa shape index (κ2) is 12.2. The van der Waals surface area contributed by atoms with Crippen molar-refractivity contribution in [3.8, 4) is 0 Å². The van der Waals surface area contributed by atoms with E-state index in [2.05, 4.69) is 67.5 Å². The van der Waals surface area contributed by atoms with E-state index in [0.29, 0.717) is 12.1 Å². The first-order valence-corrected chi connectivity index (χ1v) is 7.77. The molecule has 3 heteroatoms. The SMILES string of the molecule is CC.CC.CC(C)N(CCn1cc[n+](C)c1)C(C)C. The minimum absolute atomic E-state index is 0.620. The molecule has 0 aliphatic carbocycles. The topological polar surface area (TPSA) is 12.1 Å². The summed E-state index contributed by atoms with van der Waals surface area (Å²) in [5.41, 5.74) is 0. The molecule has 0 saturated heterocycles. The van der Waals surface area contributed by atoms with Gasteiger partial charge in [0.1, 0.15) is 18.9 Å². The lowest BCUT2D eigenvalue weighted by atomic mass is 10.2. The van der Waals surface area contributed by atoms with Crippen molar-refractivity contribution in [3.63, 3.8) is 0 Å². The minimum atomic E-state index is 0.620. The smallest absolute Gasteiger partial charge is 0.243 e. The zero-order valence-electron chi connectivity index (χ0n) is 14.6. The summed E-state index contributed by atoms with van der Waals surface area (Å²) >= 11 is 0. The van der Waals surface area contributed by atoms with Crippen molar-refractivity contribution >= 4 is 0 Å². The Kier molecular flexibility index (Phi) is 13.2. The number of nitrogens with zero attached hydrogens (tertiary/aromatic N) is 3. The molecule has 0 aromatic carbocycles. The largest absolute Gasteiger partial charge is 0.295 e. The van der Waals surface area contributed by atoms with E-state index in [1.165, 1.54) is 0 Å². The number of hydrogen-bond donors (Lipinski definition) is 0. The van der Waals surface area contributed by atoms with Crippen LogP contribution in [0.4, 0.5) is 0 Å². The van der Waals surface area contributed by atoms with Gasteiger partial charge in [-0.2, -0.15) is 0 Å². The molecule has 0 amide bonds. The first kappa shape index (κ1) is 20.5. The molecule has 114 valence electrons. The van der Waals surface area contributed by atoms with Gasteiger partial charge in [0.2, 0.25) is 6.33 Å². The van der Waals surface area contributed by atoms with E-state index >= 15 is 0 Å². The normalized spacial score (nSPS) is 10.1. The Morgan fingerprint density at radius 2 is 1.47 bits per heavy atom. The maximum absolute atomic E-state index is 2.51. The molecule has 0 bridgehead atoms. The van der Waals surface area contributed by atoms with Crippen LogP contribution in [-0.2, 0) is 13.6 Å². The fourth-order valence-electron chi connectivity index (χ4n) is 1.98. The lowest BCUT2D eigenvalue weighted by molar-refractivity contribution is -0.671. The van der Waals surface area contributed by atoms with Gasteiger partial charge >= 0.3 is 0 Å². The maximum atomic E-state index is 2.51. The van der Waals surface area contributed by atoms with Gasteiger partial charge in [-0.3, -0.25) is 4.90 Å². The van der Waals surface area contributed by atoms with Crippen molar-refractivity contribution in [1.29, 1.82) is 0 Å². The first-order valence-electron chi connectivity index (χ1n) is 7.77. The van der Waals surface area contributed by atoms with Crippen LogP contribution in [0, 0.1) is 0 Å². The Balaban J connectivity index is 0. The monoisotopic (exact) mass is 270 g/mol. The number of hydrogen-bond acceptors (Lipinski definition) is 1. The molecule has 0 aliphatic rings. The van der Waals surface area contributed by atoms with Crippen LogP contribution < -0.4 is 4.57 Å². The third-order valence-electron chi connectivity index (χ3n) is 2.77. The van der Waals surface area contributed by atoms with Crippen molar-refractivity contribution in [2.45, 2.75) is 74.0 Å². The Bertz CT molecular complexity index is 282. The Morgan fingerprint density at radius 1 is 1.00 bits per heavy atom. The zero-order valence-corrected chi connectivity index (χ0v) is 14.6. The highest BCUT2D eigenvalue weighted by Gasteiger charge is 2.13. The van der Waals surface area contributed by atoms with E-state index < -0.39 is 0 Å². The van der Waals surface area contributed by atoms with Crippen LogP contribution in [0.15, 0.2) is 18.7 Å². The number of aryl methyl sites for hydroxylation is 1. The summed E-state index contributed by atoms with van der Waals surface area (Å²) in [6.45, 7) is 19.2. The van der Waals surface area contributed by atoms with Crippen molar-refractivity contribution in [1.82, 2.24) is 9.47 Å². The van der Waals surface area contributed by atoms with Crippen molar-refractivity contribution in [2.24, 2.45) is 7.05 Å². The van der Waals surface area contributed by atoms with Gasteiger partial charge in [0.15, 0.2) is 0 Å². The first-order chi connectivity index (χ1) is 9.00. The molecule has 1 rings (SSSR count). The van der Waals surface area contributed by atoms with E-state index in [0.717, 1.165) is 13.1 Å². The van der Waals surface area contributed by atoms with Crippen LogP contribution in [0.1, 0.15) is 55.4 Å². The van der Waals surface area contributed by atoms with E-state index in [9.17, 15) is 0 Å². The van der Waals surface area contributed by atoms with Gasteiger partial charge in [0, 0.05) is 18.6 Å². The molecule has 0 atom stereocenters. The second-order valence-corrected chi connectivity index (χ2v) is 4.74. The summed E-state index contributed by atoms with van der Waals surface area (Å²) in [6, 6.07) is 1.24. The molecule has 0 radical (unpaired) electrons. The lowest BCUT2D eigenvalue weighted by Crippen LogP contribution is -2.39. The Morgan fingerprint density at radius 3 is 1.79 bits per heavy atom. The quantitative estimate of drug-likeness (QED) is 0.746. The molecule has 0 unspecified atom stereocenters. The average molecular weight is 270 g/mol. The third-order valence-corrected chi connectivity index (χ3v) is 2.77. The molecule has 1 heterocycles. The summed E-state index contributed by atoms with van der Waals surface area (Å²) in [6.07, 6.45) is 6.33. The summed E-state index contributed by atoms with van der Waals surface area (Å²) in [5.74, 6) is 0. The van der Waals surface area contributed by atoms with E-state index in [-0.39, 0.29) is 0 Å². The Labute approximate surface area is 121 Å².